The van der Waals surface area contributed by atoms with Gasteiger partial charge in [-0.25, -0.2) is 4.79 Å². The van der Waals surface area contributed by atoms with Crippen LogP contribution in [0.2, 0.25) is 0 Å². The maximum atomic E-state index is 12.9. The number of carbonyl (C=O) groups excluding carboxylic acids is 2. The molecule has 1 aliphatic carbocycles. The van der Waals surface area contributed by atoms with Crippen molar-refractivity contribution >= 4 is 22.8 Å². The Morgan fingerprint density at radius 2 is 2.00 bits per heavy atom. The van der Waals surface area contributed by atoms with Gasteiger partial charge in [0.15, 0.2) is 6.61 Å². The van der Waals surface area contributed by atoms with E-state index in [1.807, 2.05) is 45.0 Å². The molecule has 0 bridgehead atoms. The molecule has 1 aromatic carbocycles. The predicted molar refractivity (Wildman–Crippen MR) is 106 cm³/mol. The molecule has 5 heteroatoms. The van der Waals surface area contributed by atoms with E-state index in [9.17, 15) is 9.59 Å². The number of hydrogen-bond donors (Lipinski definition) is 1. The molecule has 1 N–H and O–H groups in total. The highest BCUT2D eigenvalue weighted by Crippen LogP contribution is 2.31. The summed E-state index contributed by atoms with van der Waals surface area (Å²) in [6, 6.07) is 7.67. The molecule has 0 aliphatic heterocycles. The minimum atomic E-state index is -0.439. The molecule has 3 rings (SSSR count). The lowest BCUT2D eigenvalue weighted by Gasteiger charge is -2.24. The lowest BCUT2D eigenvalue weighted by atomic mass is 9.84. The van der Waals surface area contributed by atoms with Gasteiger partial charge in [0.05, 0.1) is 11.1 Å². The summed E-state index contributed by atoms with van der Waals surface area (Å²) < 4.78 is 5.40. The number of aromatic nitrogens is 1. The number of pyridine rings is 1. The van der Waals surface area contributed by atoms with Crippen LogP contribution in [-0.4, -0.2) is 29.5 Å². The summed E-state index contributed by atoms with van der Waals surface area (Å²) in [6.45, 7) is 7.93. The standard InChI is InChI=1S/C22H28N2O3/c1-13(2)15(4)23-20(25)12-27-22(26)21-16-7-5-6-8-18(16)24-19-10-9-14(3)11-17(19)21/h5-8,13-15H,9-12H2,1-4H3,(H,23,25)/t14-,15-/m0/s1. The second kappa shape index (κ2) is 8.07. The Bertz CT molecular complexity index is 860. The number of amides is 1. The SMILES string of the molecule is CC(C)[C@H](C)NC(=O)COC(=O)c1c2c(nc3ccccc13)CC[C@H](C)C2. The number of para-hydroxylation sites is 1. The van der Waals surface area contributed by atoms with Crippen LogP contribution in [0.3, 0.4) is 0 Å². The van der Waals surface area contributed by atoms with Crippen molar-refractivity contribution in [3.8, 4) is 0 Å². The number of benzene rings is 1. The summed E-state index contributed by atoms with van der Waals surface area (Å²) in [5, 5.41) is 3.66. The molecule has 0 saturated heterocycles. The third kappa shape index (κ3) is 4.29. The summed E-state index contributed by atoms with van der Waals surface area (Å²) in [5.74, 6) is 0.112. The van der Waals surface area contributed by atoms with E-state index in [0.29, 0.717) is 17.4 Å². The third-order valence-electron chi connectivity index (χ3n) is 5.43. The highest BCUT2D eigenvalue weighted by atomic mass is 16.5. The first kappa shape index (κ1) is 19.3. The van der Waals surface area contributed by atoms with Gasteiger partial charge in [-0.1, -0.05) is 39.0 Å². The van der Waals surface area contributed by atoms with Crippen LogP contribution in [0.15, 0.2) is 24.3 Å². The van der Waals surface area contributed by atoms with E-state index in [0.717, 1.165) is 41.4 Å². The molecule has 1 amide bonds. The largest absolute Gasteiger partial charge is 0.452 e. The van der Waals surface area contributed by atoms with Crippen molar-refractivity contribution in [3.05, 3.63) is 41.1 Å². The molecule has 0 spiro atoms. The third-order valence-corrected chi connectivity index (χ3v) is 5.43. The second-order valence-corrected chi connectivity index (χ2v) is 7.95. The Kier molecular flexibility index (Phi) is 5.78. The number of nitrogens with one attached hydrogen (secondary N) is 1. The average Bonchev–Trinajstić information content (AvgIpc) is 2.64. The van der Waals surface area contributed by atoms with E-state index in [1.54, 1.807) is 0 Å². The van der Waals surface area contributed by atoms with Crippen molar-refractivity contribution in [2.75, 3.05) is 6.61 Å². The van der Waals surface area contributed by atoms with Crippen LogP contribution >= 0.6 is 0 Å². The van der Waals surface area contributed by atoms with E-state index in [1.165, 1.54) is 0 Å². The van der Waals surface area contributed by atoms with E-state index in [2.05, 4.69) is 12.2 Å². The number of rotatable bonds is 5. The minimum absolute atomic E-state index is 0.0339. The van der Waals surface area contributed by atoms with Gasteiger partial charge in [0.1, 0.15) is 0 Å². The van der Waals surface area contributed by atoms with Gasteiger partial charge in [0, 0.05) is 17.1 Å². The molecule has 2 aromatic rings. The summed E-state index contributed by atoms with van der Waals surface area (Å²) in [5.41, 5.74) is 3.34. The lowest BCUT2D eigenvalue weighted by Crippen LogP contribution is -2.38. The van der Waals surface area contributed by atoms with Crippen molar-refractivity contribution in [1.29, 1.82) is 0 Å². The highest BCUT2D eigenvalue weighted by molar-refractivity contribution is 6.05. The smallest absolute Gasteiger partial charge is 0.339 e. The number of fused-ring (bicyclic) bond motifs is 2. The van der Waals surface area contributed by atoms with Gasteiger partial charge >= 0.3 is 5.97 Å². The van der Waals surface area contributed by atoms with Crippen LogP contribution in [0.5, 0.6) is 0 Å². The van der Waals surface area contributed by atoms with Crippen LogP contribution in [0.4, 0.5) is 0 Å². The Morgan fingerprint density at radius 1 is 1.26 bits per heavy atom. The number of hydrogen-bond acceptors (Lipinski definition) is 4. The van der Waals surface area contributed by atoms with Gasteiger partial charge in [-0.2, -0.15) is 0 Å². The molecular formula is C22H28N2O3. The molecule has 1 aliphatic rings. The van der Waals surface area contributed by atoms with Gasteiger partial charge in [-0.3, -0.25) is 9.78 Å². The van der Waals surface area contributed by atoms with E-state index < -0.39 is 5.97 Å². The molecule has 0 radical (unpaired) electrons. The predicted octanol–water partition coefficient (Wildman–Crippen LogP) is 3.68. The quantitative estimate of drug-likeness (QED) is 0.818. The number of ether oxygens (including phenoxy) is 1. The molecule has 5 nitrogen and oxygen atoms in total. The Hall–Kier alpha value is -2.43. The first-order valence-electron chi connectivity index (χ1n) is 9.73. The zero-order chi connectivity index (χ0) is 19.6. The number of esters is 1. The molecule has 0 saturated carbocycles. The van der Waals surface area contributed by atoms with Crippen LogP contribution < -0.4 is 5.32 Å². The first-order chi connectivity index (χ1) is 12.9. The fourth-order valence-corrected chi connectivity index (χ4v) is 3.46. The Balaban J connectivity index is 1.85. The maximum Gasteiger partial charge on any atom is 0.339 e. The number of aryl methyl sites for hydroxylation is 1. The van der Waals surface area contributed by atoms with Crippen LogP contribution in [0.1, 0.15) is 55.7 Å². The van der Waals surface area contributed by atoms with Crippen LogP contribution in [-0.2, 0) is 22.4 Å². The molecule has 27 heavy (non-hydrogen) atoms. The van der Waals surface area contributed by atoms with Gasteiger partial charge in [0.25, 0.3) is 5.91 Å². The van der Waals surface area contributed by atoms with Crippen molar-refractivity contribution in [1.82, 2.24) is 10.3 Å². The molecule has 1 heterocycles. The van der Waals surface area contributed by atoms with Crippen molar-refractivity contribution in [3.63, 3.8) is 0 Å². The molecule has 144 valence electrons. The number of nitrogens with zero attached hydrogens (tertiary/aromatic N) is 1. The number of carbonyl (C=O) groups is 2. The molecule has 2 atom stereocenters. The summed E-state index contributed by atoms with van der Waals surface area (Å²) in [7, 11) is 0. The van der Waals surface area contributed by atoms with Gasteiger partial charge in [-0.05, 0) is 49.7 Å². The monoisotopic (exact) mass is 368 g/mol. The summed E-state index contributed by atoms with van der Waals surface area (Å²) in [6.07, 6.45) is 2.75. The average molecular weight is 368 g/mol. The molecule has 0 fully saturated rings. The van der Waals surface area contributed by atoms with Gasteiger partial charge in [-0.15, -0.1) is 0 Å². The van der Waals surface area contributed by atoms with Crippen LogP contribution in [0, 0.1) is 11.8 Å². The summed E-state index contributed by atoms with van der Waals surface area (Å²) >= 11 is 0. The first-order valence-corrected chi connectivity index (χ1v) is 9.73. The van der Waals surface area contributed by atoms with E-state index in [4.69, 9.17) is 9.72 Å². The molecule has 0 unspecified atom stereocenters. The zero-order valence-corrected chi connectivity index (χ0v) is 16.5. The van der Waals surface area contributed by atoms with Gasteiger partial charge < -0.3 is 10.1 Å². The fraction of sp³-hybridized carbons (Fsp3) is 0.500. The highest BCUT2D eigenvalue weighted by Gasteiger charge is 2.26. The van der Waals surface area contributed by atoms with E-state index in [-0.39, 0.29) is 18.6 Å². The second-order valence-electron chi connectivity index (χ2n) is 7.95. The zero-order valence-electron chi connectivity index (χ0n) is 16.5. The topological polar surface area (TPSA) is 68.3 Å². The maximum absolute atomic E-state index is 12.9. The Morgan fingerprint density at radius 3 is 2.74 bits per heavy atom. The summed E-state index contributed by atoms with van der Waals surface area (Å²) in [4.78, 5) is 29.8. The molecular weight excluding hydrogens is 340 g/mol. The minimum Gasteiger partial charge on any atom is -0.452 e. The van der Waals surface area contributed by atoms with Crippen molar-refractivity contribution in [2.24, 2.45) is 11.8 Å². The van der Waals surface area contributed by atoms with Crippen molar-refractivity contribution in [2.45, 2.75) is 53.0 Å². The van der Waals surface area contributed by atoms with Gasteiger partial charge in [0.2, 0.25) is 0 Å². The van der Waals surface area contributed by atoms with Crippen LogP contribution in [0.25, 0.3) is 10.9 Å². The lowest BCUT2D eigenvalue weighted by molar-refractivity contribution is -0.125. The Labute approximate surface area is 160 Å². The van der Waals surface area contributed by atoms with Crippen molar-refractivity contribution < 1.29 is 14.3 Å². The van der Waals surface area contributed by atoms with E-state index >= 15 is 0 Å². The normalized spacial score (nSPS) is 17.4. The fourth-order valence-electron chi connectivity index (χ4n) is 3.46. The molecule has 1 aromatic heterocycles.